The summed E-state index contributed by atoms with van der Waals surface area (Å²) in [7, 11) is 3.31. The highest BCUT2D eigenvalue weighted by Gasteiger charge is 2.12. The van der Waals surface area contributed by atoms with Crippen LogP contribution >= 0.6 is 0 Å². The molecule has 8 heteroatoms. The predicted molar refractivity (Wildman–Crippen MR) is 150 cm³/mol. The Morgan fingerprint density at radius 2 is 1.97 bits per heavy atom. The summed E-state index contributed by atoms with van der Waals surface area (Å²) in [6.07, 6.45) is 11.8. The summed E-state index contributed by atoms with van der Waals surface area (Å²) >= 11 is 0. The molecule has 0 spiro atoms. The molecule has 0 radical (unpaired) electrons. The fourth-order valence-corrected chi connectivity index (χ4v) is 3.66. The van der Waals surface area contributed by atoms with Gasteiger partial charge in [0.2, 0.25) is 0 Å². The minimum absolute atomic E-state index is 0.406. The quantitative estimate of drug-likeness (QED) is 0.141. The van der Waals surface area contributed by atoms with E-state index in [1.807, 2.05) is 19.9 Å². The summed E-state index contributed by atoms with van der Waals surface area (Å²) in [5.41, 5.74) is 9.67. The SMILES string of the molecule is C=N/C=C(/C=N)C(=NC)NCNc1cc(CN)c(CCCC)cc1OC.CC.O=CC1CCCC1. The van der Waals surface area contributed by atoms with Crippen LogP contribution < -0.4 is 21.1 Å². The molecule has 0 aromatic heterocycles. The van der Waals surface area contributed by atoms with Gasteiger partial charge >= 0.3 is 0 Å². The van der Waals surface area contributed by atoms with Crippen molar-refractivity contribution in [3.8, 4) is 5.75 Å². The Labute approximate surface area is 212 Å². The number of methoxy groups -OCH3 is 1. The molecule has 2 rings (SSSR count). The van der Waals surface area contributed by atoms with E-state index in [9.17, 15) is 4.79 Å². The molecule has 0 amide bonds. The van der Waals surface area contributed by atoms with Crippen LogP contribution in [-0.4, -0.2) is 45.9 Å². The number of nitrogens with zero attached hydrogens (tertiary/aromatic N) is 2. The van der Waals surface area contributed by atoms with Crippen molar-refractivity contribution < 1.29 is 9.53 Å². The zero-order chi connectivity index (χ0) is 26.5. The van der Waals surface area contributed by atoms with E-state index in [0.29, 0.717) is 30.5 Å². The molecule has 0 aliphatic heterocycles. The van der Waals surface area contributed by atoms with E-state index < -0.39 is 0 Å². The molecule has 8 nitrogen and oxygen atoms in total. The van der Waals surface area contributed by atoms with Gasteiger partial charge in [-0.25, -0.2) is 0 Å². The summed E-state index contributed by atoms with van der Waals surface area (Å²) in [6, 6.07) is 4.09. The molecule has 1 aromatic carbocycles. The van der Waals surface area contributed by atoms with Gasteiger partial charge in [-0.15, -0.1) is 0 Å². The molecule has 0 unspecified atom stereocenters. The minimum Gasteiger partial charge on any atom is -0.495 e. The monoisotopic (exact) mass is 486 g/mol. The lowest BCUT2D eigenvalue weighted by atomic mass is 10.0. The lowest BCUT2D eigenvalue weighted by molar-refractivity contribution is -0.110. The number of nitrogens with one attached hydrogen (secondary N) is 3. The molecule has 5 N–H and O–H groups in total. The number of carbonyl (C=O) groups excluding carboxylic acids is 1. The highest BCUT2D eigenvalue weighted by atomic mass is 16.5. The number of hydrogen-bond donors (Lipinski definition) is 4. The molecule has 0 atom stereocenters. The largest absolute Gasteiger partial charge is 0.495 e. The molecule has 35 heavy (non-hydrogen) atoms. The average Bonchev–Trinajstić information content (AvgIpc) is 3.44. The average molecular weight is 487 g/mol. The first-order valence-electron chi connectivity index (χ1n) is 12.5. The maximum atomic E-state index is 10.0. The number of rotatable bonds is 12. The van der Waals surface area contributed by atoms with Crippen LogP contribution in [-0.2, 0) is 17.8 Å². The lowest BCUT2D eigenvalue weighted by Gasteiger charge is -2.17. The standard InChI is InChI=1S/C19H30N6O.C6H10O.C2H6/c1-5-6-7-14-9-18(26-4)17(8-15(14)10-20)24-13-25-19(23-3)16(11-21)12-22-2;7-5-6-3-1-2-4-6;1-2/h8-9,11-12,21,24H,2,5-7,10,13,20H2,1,3-4H3,(H,23,25);5-6H,1-4H2;1-2H3/b16-12-,21-11?;;. The van der Waals surface area contributed by atoms with E-state index in [-0.39, 0.29) is 0 Å². The van der Waals surface area contributed by atoms with Gasteiger partial charge in [0.25, 0.3) is 0 Å². The van der Waals surface area contributed by atoms with Crippen molar-refractivity contribution >= 4 is 30.7 Å². The maximum absolute atomic E-state index is 10.0. The van der Waals surface area contributed by atoms with Crippen LogP contribution in [0.2, 0.25) is 0 Å². The minimum atomic E-state index is 0.406. The number of nitrogens with two attached hydrogens (primary N) is 1. The van der Waals surface area contributed by atoms with Crippen molar-refractivity contribution in [1.82, 2.24) is 5.32 Å². The van der Waals surface area contributed by atoms with Gasteiger partial charge in [0.05, 0.1) is 25.0 Å². The number of amidine groups is 1. The third-order valence-corrected chi connectivity index (χ3v) is 5.55. The zero-order valence-electron chi connectivity index (χ0n) is 22.3. The van der Waals surface area contributed by atoms with Gasteiger partial charge in [0.15, 0.2) is 0 Å². The molecule has 1 fully saturated rings. The summed E-state index contributed by atoms with van der Waals surface area (Å²) in [5, 5.41) is 13.9. The molecular weight excluding hydrogens is 440 g/mol. The summed E-state index contributed by atoms with van der Waals surface area (Å²) in [4.78, 5) is 17.8. The van der Waals surface area contributed by atoms with E-state index in [4.69, 9.17) is 15.9 Å². The number of aliphatic imine (C=N–C) groups is 2. The summed E-state index contributed by atoms with van der Waals surface area (Å²) in [5.74, 6) is 1.75. The van der Waals surface area contributed by atoms with Crippen molar-refractivity contribution in [1.29, 1.82) is 5.41 Å². The van der Waals surface area contributed by atoms with Gasteiger partial charge in [-0.1, -0.05) is 40.0 Å². The van der Waals surface area contributed by atoms with Crippen LogP contribution in [0.15, 0.2) is 33.9 Å². The number of unbranched alkanes of at least 4 members (excludes halogenated alkanes) is 1. The smallest absolute Gasteiger partial charge is 0.142 e. The van der Waals surface area contributed by atoms with E-state index in [1.165, 1.54) is 30.8 Å². The fraction of sp³-hybridized carbons (Fsp3) is 0.556. The van der Waals surface area contributed by atoms with Gasteiger partial charge in [0.1, 0.15) is 17.9 Å². The Balaban J connectivity index is 0.00000108. The first-order valence-corrected chi connectivity index (χ1v) is 12.5. The predicted octanol–water partition coefficient (Wildman–Crippen LogP) is 5.12. The van der Waals surface area contributed by atoms with Gasteiger partial charge in [-0.05, 0) is 55.7 Å². The van der Waals surface area contributed by atoms with Crippen LogP contribution in [0.1, 0.15) is 70.4 Å². The van der Waals surface area contributed by atoms with Gasteiger partial charge in [-0.3, -0.25) is 9.98 Å². The maximum Gasteiger partial charge on any atom is 0.142 e. The second-order valence-electron chi connectivity index (χ2n) is 7.82. The highest BCUT2D eigenvalue weighted by Crippen LogP contribution is 2.29. The Hall–Kier alpha value is -3.00. The Morgan fingerprint density at radius 3 is 2.43 bits per heavy atom. The van der Waals surface area contributed by atoms with Gasteiger partial charge in [-0.2, -0.15) is 0 Å². The Kier molecular flexibility index (Phi) is 18.6. The number of benzene rings is 1. The zero-order valence-corrected chi connectivity index (χ0v) is 22.3. The number of aldehydes is 1. The Morgan fingerprint density at radius 1 is 1.29 bits per heavy atom. The first kappa shape index (κ1) is 32.0. The number of hydrogen-bond acceptors (Lipinski definition) is 7. The fourth-order valence-electron chi connectivity index (χ4n) is 3.66. The first-order chi connectivity index (χ1) is 17.1. The number of carbonyl (C=O) groups is 1. The van der Waals surface area contributed by atoms with E-state index in [1.54, 1.807) is 14.2 Å². The molecule has 1 aromatic rings. The van der Waals surface area contributed by atoms with E-state index in [2.05, 4.69) is 40.3 Å². The van der Waals surface area contributed by atoms with Crippen LogP contribution in [0.25, 0.3) is 0 Å². The van der Waals surface area contributed by atoms with E-state index >= 15 is 0 Å². The van der Waals surface area contributed by atoms with Crippen LogP contribution in [0, 0.1) is 11.3 Å². The highest BCUT2D eigenvalue weighted by molar-refractivity contribution is 6.14. The molecule has 1 aliphatic rings. The number of anilines is 1. The second kappa shape index (κ2) is 20.4. The van der Waals surface area contributed by atoms with Crippen molar-refractivity contribution in [2.24, 2.45) is 21.6 Å². The molecule has 1 aliphatic carbocycles. The van der Waals surface area contributed by atoms with Crippen molar-refractivity contribution in [2.45, 2.75) is 72.3 Å². The van der Waals surface area contributed by atoms with Crippen LogP contribution in [0.5, 0.6) is 5.75 Å². The molecule has 1 saturated carbocycles. The summed E-state index contributed by atoms with van der Waals surface area (Å²) in [6.45, 7) is 10.5. The van der Waals surface area contributed by atoms with Gasteiger partial charge < -0.3 is 31.3 Å². The lowest BCUT2D eigenvalue weighted by Crippen LogP contribution is -2.31. The van der Waals surface area contributed by atoms with Crippen molar-refractivity contribution in [3.05, 3.63) is 35.0 Å². The third-order valence-electron chi connectivity index (χ3n) is 5.55. The molecular formula is C27H46N6O2. The van der Waals surface area contributed by atoms with E-state index in [0.717, 1.165) is 55.4 Å². The Bertz CT molecular complexity index is 814. The second-order valence-corrected chi connectivity index (χ2v) is 7.82. The van der Waals surface area contributed by atoms with Crippen molar-refractivity contribution in [2.75, 3.05) is 26.1 Å². The number of aryl methyl sites for hydroxylation is 1. The van der Waals surface area contributed by atoms with Gasteiger partial charge in [0, 0.05) is 31.9 Å². The molecule has 196 valence electrons. The normalized spacial score (nSPS) is 13.5. The molecule has 0 saturated heterocycles. The van der Waals surface area contributed by atoms with Crippen LogP contribution in [0.3, 0.4) is 0 Å². The third kappa shape index (κ3) is 11.8. The summed E-state index contributed by atoms with van der Waals surface area (Å²) < 4.78 is 5.52. The topological polar surface area (TPSA) is 125 Å². The van der Waals surface area contributed by atoms with Crippen LogP contribution in [0.4, 0.5) is 5.69 Å². The molecule has 0 bridgehead atoms. The van der Waals surface area contributed by atoms with Crippen molar-refractivity contribution in [3.63, 3.8) is 0 Å². The number of ether oxygens (including phenoxy) is 1. The molecule has 0 heterocycles.